The molecule has 122 valence electrons. The lowest BCUT2D eigenvalue weighted by atomic mass is 10.1. The lowest BCUT2D eigenvalue weighted by Crippen LogP contribution is -2.07. The number of ether oxygens (including phenoxy) is 1. The topological polar surface area (TPSA) is 44.1 Å². The molecular weight excluding hydrogens is 307 g/mol. The zero-order valence-corrected chi connectivity index (χ0v) is 13.1. The van der Waals surface area contributed by atoms with Crippen LogP contribution >= 0.6 is 0 Å². The van der Waals surface area contributed by atoms with Gasteiger partial charge < -0.3 is 14.1 Å². The van der Waals surface area contributed by atoms with E-state index in [0.29, 0.717) is 19.0 Å². The monoisotopic (exact) mass is 324 g/mol. The van der Waals surface area contributed by atoms with Crippen LogP contribution < -0.4 is 0 Å². The minimum Gasteiger partial charge on any atom is -0.356 e. The zero-order valence-electron chi connectivity index (χ0n) is 13.1. The first-order valence-electron chi connectivity index (χ1n) is 7.63. The van der Waals surface area contributed by atoms with Crippen molar-refractivity contribution in [2.75, 3.05) is 0 Å². The summed E-state index contributed by atoms with van der Waals surface area (Å²) >= 11 is 0. The van der Waals surface area contributed by atoms with E-state index in [4.69, 9.17) is 4.74 Å². The minimum absolute atomic E-state index is 0.224. The van der Waals surface area contributed by atoms with Crippen LogP contribution in [0.2, 0.25) is 0 Å². The van der Waals surface area contributed by atoms with E-state index in [0.717, 1.165) is 23.1 Å². The van der Waals surface area contributed by atoms with Crippen molar-refractivity contribution >= 4 is 6.29 Å². The average molecular weight is 324 g/mol. The zero-order chi connectivity index (χ0) is 16.8. The van der Waals surface area contributed by atoms with Gasteiger partial charge in [0.2, 0.25) is 0 Å². The predicted molar refractivity (Wildman–Crippen MR) is 88.6 cm³/mol. The van der Waals surface area contributed by atoms with Crippen molar-refractivity contribution in [1.29, 1.82) is 0 Å². The molecule has 0 saturated carbocycles. The average Bonchev–Trinajstić information content (AvgIpc) is 3.00. The molecule has 24 heavy (non-hydrogen) atoms. The SMILES string of the molecule is O=CCc1c(-c2ccc(F)cc2)ncn1COCc1ccccc1. The Morgan fingerprint density at radius 2 is 1.83 bits per heavy atom. The molecule has 0 bridgehead atoms. The summed E-state index contributed by atoms with van der Waals surface area (Å²) in [5.74, 6) is -0.304. The third-order valence-electron chi connectivity index (χ3n) is 3.68. The van der Waals surface area contributed by atoms with E-state index < -0.39 is 0 Å². The van der Waals surface area contributed by atoms with Crippen LogP contribution in [0.5, 0.6) is 0 Å². The van der Waals surface area contributed by atoms with Gasteiger partial charge in [-0.2, -0.15) is 0 Å². The number of carbonyl (C=O) groups is 1. The van der Waals surface area contributed by atoms with Crippen molar-refractivity contribution in [2.24, 2.45) is 0 Å². The third kappa shape index (κ3) is 3.75. The summed E-state index contributed by atoms with van der Waals surface area (Å²) in [6, 6.07) is 15.9. The molecule has 0 spiro atoms. The Morgan fingerprint density at radius 1 is 1.08 bits per heavy atom. The summed E-state index contributed by atoms with van der Waals surface area (Å²) in [4.78, 5) is 15.4. The van der Waals surface area contributed by atoms with Crippen LogP contribution in [0, 0.1) is 5.82 Å². The van der Waals surface area contributed by atoms with Gasteiger partial charge in [-0.3, -0.25) is 0 Å². The second kappa shape index (κ2) is 7.66. The standard InChI is InChI=1S/C19H17FN2O2/c20-17-8-6-16(7-9-17)19-18(10-11-23)22(13-21-19)14-24-12-15-4-2-1-3-5-15/h1-9,11,13H,10,12,14H2. The van der Waals surface area contributed by atoms with Gasteiger partial charge in [-0.1, -0.05) is 30.3 Å². The second-order valence-corrected chi connectivity index (χ2v) is 5.35. The molecule has 0 fully saturated rings. The van der Waals surface area contributed by atoms with Crippen molar-refractivity contribution in [3.05, 3.63) is 78.0 Å². The Morgan fingerprint density at radius 3 is 2.54 bits per heavy atom. The molecule has 3 aromatic rings. The van der Waals surface area contributed by atoms with Crippen molar-refractivity contribution < 1.29 is 13.9 Å². The van der Waals surface area contributed by atoms with E-state index in [1.807, 2.05) is 30.3 Å². The van der Waals surface area contributed by atoms with Gasteiger partial charge >= 0.3 is 0 Å². The number of hydrogen-bond acceptors (Lipinski definition) is 3. The van der Waals surface area contributed by atoms with Crippen LogP contribution in [-0.4, -0.2) is 15.8 Å². The largest absolute Gasteiger partial charge is 0.356 e. The number of benzene rings is 2. The van der Waals surface area contributed by atoms with Crippen LogP contribution in [0.25, 0.3) is 11.3 Å². The highest BCUT2D eigenvalue weighted by Gasteiger charge is 2.12. The van der Waals surface area contributed by atoms with Crippen LogP contribution in [-0.2, 0) is 29.3 Å². The van der Waals surface area contributed by atoms with Gasteiger partial charge in [0.05, 0.1) is 24.3 Å². The Hall–Kier alpha value is -2.79. The van der Waals surface area contributed by atoms with E-state index in [2.05, 4.69) is 4.98 Å². The van der Waals surface area contributed by atoms with E-state index in [1.165, 1.54) is 12.1 Å². The van der Waals surface area contributed by atoms with Gasteiger partial charge in [0, 0.05) is 12.0 Å². The number of aromatic nitrogens is 2. The first-order chi connectivity index (χ1) is 11.8. The summed E-state index contributed by atoms with van der Waals surface area (Å²) in [5.41, 5.74) is 3.28. The lowest BCUT2D eigenvalue weighted by molar-refractivity contribution is -0.107. The fraction of sp³-hybridized carbons (Fsp3) is 0.158. The molecule has 0 atom stereocenters. The Balaban J connectivity index is 1.75. The Kier molecular flexibility index (Phi) is 5.13. The molecule has 0 unspecified atom stereocenters. The fourth-order valence-corrected chi connectivity index (χ4v) is 2.50. The summed E-state index contributed by atoms with van der Waals surface area (Å²) in [5, 5.41) is 0. The highest BCUT2D eigenvalue weighted by molar-refractivity contribution is 5.66. The Bertz CT molecular complexity index is 798. The summed E-state index contributed by atoms with van der Waals surface area (Å²) in [6.45, 7) is 0.775. The van der Waals surface area contributed by atoms with Gasteiger partial charge in [0.1, 0.15) is 18.8 Å². The number of aldehydes is 1. The molecule has 5 heteroatoms. The number of rotatable bonds is 7. The van der Waals surface area contributed by atoms with Gasteiger partial charge in [-0.15, -0.1) is 0 Å². The molecule has 1 heterocycles. The molecule has 0 N–H and O–H groups in total. The summed E-state index contributed by atoms with van der Waals surface area (Å²) < 4.78 is 20.6. The smallest absolute Gasteiger partial charge is 0.125 e. The van der Waals surface area contributed by atoms with E-state index in [-0.39, 0.29) is 12.2 Å². The van der Waals surface area contributed by atoms with E-state index >= 15 is 0 Å². The van der Waals surface area contributed by atoms with Gasteiger partial charge in [-0.05, 0) is 29.8 Å². The van der Waals surface area contributed by atoms with Crippen LogP contribution in [0.15, 0.2) is 60.9 Å². The molecule has 0 radical (unpaired) electrons. The van der Waals surface area contributed by atoms with Crippen molar-refractivity contribution in [2.45, 2.75) is 19.8 Å². The number of hydrogen-bond donors (Lipinski definition) is 0. The van der Waals surface area contributed by atoms with Gasteiger partial charge in [0.25, 0.3) is 0 Å². The third-order valence-corrected chi connectivity index (χ3v) is 3.68. The summed E-state index contributed by atoms with van der Waals surface area (Å²) in [6.07, 6.45) is 2.70. The van der Waals surface area contributed by atoms with Crippen molar-refractivity contribution in [3.8, 4) is 11.3 Å². The number of imidazole rings is 1. The first-order valence-corrected chi connectivity index (χ1v) is 7.63. The van der Waals surface area contributed by atoms with E-state index in [9.17, 15) is 9.18 Å². The molecule has 0 aliphatic rings. The molecule has 0 aliphatic carbocycles. The minimum atomic E-state index is -0.304. The molecule has 3 rings (SSSR count). The summed E-state index contributed by atoms with van der Waals surface area (Å²) in [7, 11) is 0. The Labute approximate surface area is 139 Å². The van der Waals surface area contributed by atoms with Crippen LogP contribution in [0.1, 0.15) is 11.3 Å². The molecule has 0 amide bonds. The quantitative estimate of drug-likeness (QED) is 0.624. The highest BCUT2D eigenvalue weighted by atomic mass is 19.1. The number of halogens is 1. The maximum absolute atomic E-state index is 13.1. The molecule has 0 saturated heterocycles. The highest BCUT2D eigenvalue weighted by Crippen LogP contribution is 2.23. The fourth-order valence-electron chi connectivity index (χ4n) is 2.50. The van der Waals surface area contributed by atoms with Crippen molar-refractivity contribution in [3.63, 3.8) is 0 Å². The molecular formula is C19H17FN2O2. The van der Waals surface area contributed by atoms with Crippen molar-refractivity contribution in [1.82, 2.24) is 9.55 Å². The lowest BCUT2D eigenvalue weighted by Gasteiger charge is -2.09. The molecule has 4 nitrogen and oxygen atoms in total. The van der Waals surface area contributed by atoms with Crippen LogP contribution in [0.3, 0.4) is 0 Å². The number of nitrogens with zero attached hydrogens (tertiary/aromatic N) is 2. The maximum Gasteiger partial charge on any atom is 0.125 e. The first kappa shape index (κ1) is 16.1. The molecule has 1 aromatic heterocycles. The maximum atomic E-state index is 13.1. The second-order valence-electron chi connectivity index (χ2n) is 5.35. The molecule has 0 aliphatic heterocycles. The van der Waals surface area contributed by atoms with Gasteiger partial charge in [0.15, 0.2) is 0 Å². The van der Waals surface area contributed by atoms with Gasteiger partial charge in [-0.25, -0.2) is 9.37 Å². The van der Waals surface area contributed by atoms with E-state index in [1.54, 1.807) is 23.0 Å². The van der Waals surface area contributed by atoms with Crippen LogP contribution in [0.4, 0.5) is 4.39 Å². The molecule has 2 aromatic carbocycles. The predicted octanol–water partition coefficient (Wildman–Crippen LogP) is 3.60. The normalized spacial score (nSPS) is 10.7. The number of carbonyl (C=O) groups excluding carboxylic acids is 1.